The Kier molecular flexibility index (Phi) is 5.10. The quantitative estimate of drug-likeness (QED) is 0.806. The van der Waals surface area contributed by atoms with Crippen molar-refractivity contribution < 1.29 is 0 Å². The first kappa shape index (κ1) is 13.0. The van der Waals surface area contributed by atoms with Crippen LogP contribution in [0.2, 0.25) is 4.34 Å². The first-order valence-corrected chi connectivity index (χ1v) is 6.74. The molecule has 2 unspecified atom stereocenters. The average Bonchev–Trinajstić information content (AvgIpc) is 2.49. The molecule has 15 heavy (non-hydrogen) atoms. The molecule has 0 amide bonds. The van der Waals surface area contributed by atoms with Gasteiger partial charge < -0.3 is 5.32 Å². The van der Waals surface area contributed by atoms with Crippen LogP contribution >= 0.6 is 22.9 Å². The summed E-state index contributed by atoms with van der Waals surface area (Å²) in [5.41, 5.74) is 1.29. The summed E-state index contributed by atoms with van der Waals surface area (Å²) in [6, 6.07) is 2.99. The maximum Gasteiger partial charge on any atom is 0.0931 e. The Hall–Kier alpha value is -0.0500. The second-order valence-corrected chi connectivity index (χ2v) is 6.15. The zero-order chi connectivity index (χ0) is 11.4. The summed E-state index contributed by atoms with van der Waals surface area (Å²) in [5, 5.41) is 5.72. The van der Waals surface area contributed by atoms with Crippen molar-refractivity contribution >= 4 is 22.9 Å². The fourth-order valence-electron chi connectivity index (χ4n) is 1.85. The van der Waals surface area contributed by atoms with Gasteiger partial charge in [0.2, 0.25) is 0 Å². The van der Waals surface area contributed by atoms with E-state index in [2.05, 4.69) is 38.4 Å². The molecule has 0 aliphatic rings. The van der Waals surface area contributed by atoms with Gasteiger partial charge in [-0.1, -0.05) is 25.4 Å². The molecule has 0 aromatic carbocycles. The molecule has 0 aliphatic carbocycles. The van der Waals surface area contributed by atoms with Gasteiger partial charge in [-0.25, -0.2) is 0 Å². The van der Waals surface area contributed by atoms with Gasteiger partial charge >= 0.3 is 0 Å². The standard InChI is InChI=1S/C12H20ClNS/c1-8(2)5-9(3)14-10(4)11-6-12(13)15-7-11/h6-10,14H,5H2,1-4H3. The first-order chi connectivity index (χ1) is 6.99. The first-order valence-electron chi connectivity index (χ1n) is 5.49. The zero-order valence-electron chi connectivity index (χ0n) is 9.88. The van der Waals surface area contributed by atoms with E-state index in [1.807, 2.05) is 6.07 Å². The van der Waals surface area contributed by atoms with Crippen molar-refractivity contribution in [3.8, 4) is 0 Å². The molecule has 0 fully saturated rings. The van der Waals surface area contributed by atoms with Crippen LogP contribution in [0.4, 0.5) is 0 Å². The molecule has 0 spiro atoms. The van der Waals surface area contributed by atoms with Crippen molar-refractivity contribution in [1.82, 2.24) is 5.32 Å². The molecule has 1 aromatic rings. The average molecular weight is 246 g/mol. The molecule has 0 bridgehead atoms. The second kappa shape index (κ2) is 5.88. The van der Waals surface area contributed by atoms with E-state index in [1.165, 1.54) is 12.0 Å². The van der Waals surface area contributed by atoms with Crippen LogP contribution in [0.15, 0.2) is 11.4 Å². The molecule has 1 rings (SSSR count). The highest BCUT2D eigenvalue weighted by Gasteiger charge is 2.11. The van der Waals surface area contributed by atoms with Gasteiger partial charge in [0.1, 0.15) is 0 Å². The van der Waals surface area contributed by atoms with Crippen LogP contribution in [-0.2, 0) is 0 Å². The lowest BCUT2D eigenvalue weighted by atomic mass is 10.0. The summed E-state index contributed by atoms with van der Waals surface area (Å²) in [4.78, 5) is 0. The van der Waals surface area contributed by atoms with Crippen LogP contribution < -0.4 is 5.32 Å². The lowest BCUT2D eigenvalue weighted by molar-refractivity contribution is 0.407. The van der Waals surface area contributed by atoms with E-state index in [1.54, 1.807) is 11.3 Å². The SMILES string of the molecule is CC(C)CC(C)NC(C)c1csc(Cl)c1. The molecule has 0 saturated heterocycles. The summed E-state index contributed by atoms with van der Waals surface area (Å²) < 4.78 is 0.871. The molecular weight excluding hydrogens is 226 g/mol. The molecule has 0 saturated carbocycles. The molecule has 0 radical (unpaired) electrons. The van der Waals surface area contributed by atoms with E-state index in [9.17, 15) is 0 Å². The number of hydrogen-bond donors (Lipinski definition) is 1. The molecule has 1 nitrogen and oxygen atoms in total. The summed E-state index contributed by atoms with van der Waals surface area (Å²) in [7, 11) is 0. The second-order valence-electron chi connectivity index (χ2n) is 4.60. The Balaban J connectivity index is 2.45. The maximum atomic E-state index is 5.92. The van der Waals surface area contributed by atoms with E-state index in [-0.39, 0.29) is 0 Å². The van der Waals surface area contributed by atoms with E-state index in [4.69, 9.17) is 11.6 Å². The Morgan fingerprint density at radius 2 is 2.00 bits per heavy atom. The van der Waals surface area contributed by atoms with Gasteiger partial charge in [0.05, 0.1) is 4.34 Å². The van der Waals surface area contributed by atoms with Crippen molar-refractivity contribution in [3.05, 3.63) is 21.3 Å². The van der Waals surface area contributed by atoms with Crippen molar-refractivity contribution in [3.63, 3.8) is 0 Å². The van der Waals surface area contributed by atoms with Gasteiger partial charge in [0.15, 0.2) is 0 Å². The van der Waals surface area contributed by atoms with E-state index in [0.717, 1.165) is 10.3 Å². The third kappa shape index (κ3) is 4.54. The highest BCUT2D eigenvalue weighted by Crippen LogP contribution is 2.25. The predicted octanol–water partition coefficient (Wildman–Crippen LogP) is 4.49. The largest absolute Gasteiger partial charge is 0.308 e. The molecule has 2 atom stereocenters. The van der Waals surface area contributed by atoms with E-state index < -0.39 is 0 Å². The van der Waals surface area contributed by atoms with Gasteiger partial charge in [0, 0.05) is 12.1 Å². The number of rotatable bonds is 5. The number of hydrogen-bond acceptors (Lipinski definition) is 2. The van der Waals surface area contributed by atoms with Gasteiger partial charge in [-0.05, 0) is 43.2 Å². The smallest absolute Gasteiger partial charge is 0.0931 e. The highest BCUT2D eigenvalue weighted by atomic mass is 35.5. The van der Waals surface area contributed by atoms with Crippen molar-refractivity contribution in [2.45, 2.75) is 46.2 Å². The number of halogens is 1. The minimum absolute atomic E-state index is 0.391. The van der Waals surface area contributed by atoms with Crippen LogP contribution in [-0.4, -0.2) is 6.04 Å². The van der Waals surface area contributed by atoms with Gasteiger partial charge in [-0.3, -0.25) is 0 Å². The summed E-state index contributed by atoms with van der Waals surface area (Å²) in [5.74, 6) is 0.741. The van der Waals surface area contributed by atoms with Crippen LogP contribution in [0, 0.1) is 5.92 Å². The lowest BCUT2D eigenvalue weighted by Crippen LogP contribution is -2.29. The molecule has 86 valence electrons. The molecule has 1 N–H and O–H groups in total. The fraction of sp³-hybridized carbons (Fsp3) is 0.667. The van der Waals surface area contributed by atoms with Crippen molar-refractivity contribution in [2.75, 3.05) is 0 Å². The topological polar surface area (TPSA) is 12.0 Å². The highest BCUT2D eigenvalue weighted by molar-refractivity contribution is 7.14. The molecular formula is C12H20ClNS. The molecule has 1 aromatic heterocycles. The minimum Gasteiger partial charge on any atom is -0.308 e. The van der Waals surface area contributed by atoms with Crippen LogP contribution in [0.25, 0.3) is 0 Å². The molecule has 0 aliphatic heterocycles. The Morgan fingerprint density at radius 1 is 1.33 bits per heavy atom. The van der Waals surface area contributed by atoms with Crippen molar-refractivity contribution in [2.24, 2.45) is 5.92 Å². The van der Waals surface area contributed by atoms with Crippen LogP contribution in [0.5, 0.6) is 0 Å². The van der Waals surface area contributed by atoms with E-state index in [0.29, 0.717) is 12.1 Å². The maximum absolute atomic E-state index is 5.92. The molecule has 1 heterocycles. The Morgan fingerprint density at radius 3 is 2.47 bits per heavy atom. The van der Waals surface area contributed by atoms with Gasteiger partial charge in [-0.15, -0.1) is 11.3 Å². The van der Waals surface area contributed by atoms with Crippen LogP contribution in [0.1, 0.15) is 45.7 Å². The van der Waals surface area contributed by atoms with Gasteiger partial charge in [-0.2, -0.15) is 0 Å². The van der Waals surface area contributed by atoms with Crippen LogP contribution in [0.3, 0.4) is 0 Å². The lowest BCUT2D eigenvalue weighted by Gasteiger charge is -2.20. The van der Waals surface area contributed by atoms with Gasteiger partial charge in [0.25, 0.3) is 0 Å². The van der Waals surface area contributed by atoms with Crippen molar-refractivity contribution in [1.29, 1.82) is 0 Å². The monoisotopic (exact) mass is 245 g/mol. The normalized spacial score (nSPS) is 15.6. The van der Waals surface area contributed by atoms with E-state index >= 15 is 0 Å². The third-order valence-corrected chi connectivity index (χ3v) is 3.56. The summed E-state index contributed by atoms with van der Waals surface area (Å²) >= 11 is 7.52. The Bertz CT molecular complexity index is 296. The number of thiophene rings is 1. The predicted molar refractivity (Wildman–Crippen MR) is 69.8 cm³/mol. The molecule has 3 heteroatoms. The Labute approximate surface area is 102 Å². The zero-order valence-corrected chi connectivity index (χ0v) is 11.5. The fourth-order valence-corrected chi connectivity index (χ4v) is 2.83. The number of nitrogens with one attached hydrogen (secondary N) is 1. The summed E-state index contributed by atoms with van der Waals surface area (Å²) in [6.07, 6.45) is 1.21. The minimum atomic E-state index is 0.391. The summed E-state index contributed by atoms with van der Waals surface area (Å²) in [6.45, 7) is 8.94. The third-order valence-electron chi connectivity index (χ3n) is 2.45.